The Labute approximate surface area is 189 Å². The zero-order valence-electron chi connectivity index (χ0n) is 19.2. The summed E-state index contributed by atoms with van der Waals surface area (Å²) in [6, 6.07) is 6.03. The Bertz CT molecular complexity index is 1060. The summed E-state index contributed by atoms with van der Waals surface area (Å²) in [4.78, 5) is 28.0. The summed E-state index contributed by atoms with van der Waals surface area (Å²) < 4.78 is 11.2. The number of hydrogen-bond donors (Lipinski definition) is 1. The molecule has 3 heterocycles. The molecule has 1 aromatic carbocycles. The molecule has 2 aliphatic heterocycles. The third-order valence-electron chi connectivity index (χ3n) is 6.87. The van der Waals surface area contributed by atoms with Crippen molar-refractivity contribution in [2.24, 2.45) is 5.92 Å². The maximum Gasteiger partial charge on any atom is 0.340 e. The van der Waals surface area contributed by atoms with Gasteiger partial charge in [0.15, 0.2) is 0 Å². The van der Waals surface area contributed by atoms with Gasteiger partial charge in [0.1, 0.15) is 17.9 Å². The van der Waals surface area contributed by atoms with Crippen LogP contribution in [-0.2, 0) is 11.2 Å². The number of rotatable bonds is 7. The number of carbonyl (C=O) groups is 1. The van der Waals surface area contributed by atoms with Crippen molar-refractivity contribution in [3.05, 3.63) is 51.9 Å². The molecule has 2 fully saturated rings. The van der Waals surface area contributed by atoms with Crippen molar-refractivity contribution in [3.8, 4) is 5.75 Å². The van der Waals surface area contributed by atoms with Gasteiger partial charge >= 0.3 is 5.63 Å². The summed E-state index contributed by atoms with van der Waals surface area (Å²) >= 11 is 0. The highest BCUT2D eigenvalue weighted by atomic mass is 16.5. The molecule has 2 unspecified atom stereocenters. The number of aryl methyl sites for hydroxylation is 1. The van der Waals surface area contributed by atoms with Gasteiger partial charge in [-0.1, -0.05) is 13.0 Å². The zero-order valence-corrected chi connectivity index (χ0v) is 19.2. The predicted molar refractivity (Wildman–Crippen MR) is 126 cm³/mol. The fraction of sp³-hybridized carbons (Fsp3) is 0.538. The Morgan fingerprint density at radius 1 is 1.25 bits per heavy atom. The van der Waals surface area contributed by atoms with Crippen LogP contribution in [0.3, 0.4) is 0 Å². The number of hydrogen-bond acceptors (Lipinski definition) is 5. The lowest BCUT2D eigenvalue weighted by molar-refractivity contribution is -0.120. The molecule has 1 N–H and O–H groups in total. The number of carbonyl (C=O) groups excluding carboxylic acids is 1. The molecule has 2 saturated heterocycles. The number of ether oxygens (including phenoxy) is 1. The van der Waals surface area contributed by atoms with Gasteiger partial charge in [0, 0.05) is 24.0 Å². The summed E-state index contributed by atoms with van der Waals surface area (Å²) in [5, 5.41) is 3.92. The first kappa shape index (κ1) is 22.6. The quantitative estimate of drug-likeness (QED) is 0.523. The lowest BCUT2D eigenvalue weighted by Gasteiger charge is -2.44. The van der Waals surface area contributed by atoms with Crippen molar-refractivity contribution >= 4 is 16.9 Å². The average Bonchev–Trinajstić information content (AvgIpc) is 2.78. The van der Waals surface area contributed by atoms with E-state index >= 15 is 0 Å². The first-order valence-electron chi connectivity index (χ1n) is 11.8. The van der Waals surface area contributed by atoms with Gasteiger partial charge in [-0.05, 0) is 81.8 Å². The van der Waals surface area contributed by atoms with Gasteiger partial charge in [0.2, 0.25) is 5.91 Å². The number of amides is 1. The van der Waals surface area contributed by atoms with Crippen LogP contribution in [0.5, 0.6) is 5.75 Å². The summed E-state index contributed by atoms with van der Waals surface area (Å²) in [5.41, 5.74) is 2.13. The Morgan fingerprint density at radius 3 is 2.88 bits per heavy atom. The number of nitrogens with zero attached hydrogens (tertiary/aromatic N) is 1. The highest BCUT2D eigenvalue weighted by molar-refractivity contribution is 5.85. The van der Waals surface area contributed by atoms with E-state index in [0.29, 0.717) is 42.0 Å². The third-order valence-corrected chi connectivity index (χ3v) is 6.87. The summed E-state index contributed by atoms with van der Waals surface area (Å²) in [7, 11) is 0. The highest BCUT2D eigenvalue weighted by Crippen LogP contribution is 2.30. The highest BCUT2D eigenvalue weighted by Gasteiger charge is 2.33. The number of nitrogens with one attached hydrogen (secondary N) is 1. The summed E-state index contributed by atoms with van der Waals surface area (Å²) in [6.45, 7) is 11.1. The van der Waals surface area contributed by atoms with Gasteiger partial charge in [-0.2, -0.15) is 0 Å². The molecule has 0 radical (unpaired) electrons. The van der Waals surface area contributed by atoms with E-state index in [-0.39, 0.29) is 12.3 Å². The van der Waals surface area contributed by atoms with Gasteiger partial charge in [-0.3, -0.25) is 4.79 Å². The fourth-order valence-electron chi connectivity index (χ4n) is 5.16. The minimum Gasteiger partial charge on any atom is -0.489 e. The largest absolute Gasteiger partial charge is 0.489 e. The van der Waals surface area contributed by atoms with Crippen LogP contribution in [-0.4, -0.2) is 43.1 Å². The fourth-order valence-corrected chi connectivity index (χ4v) is 5.16. The van der Waals surface area contributed by atoms with Crippen LogP contribution in [0, 0.1) is 12.8 Å². The third kappa shape index (κ3) is 5.07. The molecule has 2 atom stereocenters. The average molecular weight is 439 g/mol. The number of piperidine rings is 2. The second-order valence-corrected chi connectivity index (χ2v) is 9.38. The molecular formula is C26H34N2O4. The smallest absolute Gasteiger partial charge is 0.340 e. The van der Waals surface area contributed by atoms with Crippen molar-refractivity contribution in [2.45, 2.75) is 58.4 Å². The Hall–Kier alpha value is -2.60. The van der Waals surface area contributed by atoms with E-state index in [2.05, 4.69) is 16.8 Å². The lowest BCUT2D eigenvalue weighted by atomic mass is 9.83. The summed E-state index contributed by atoms with van der Waals surface area (Å²) in [5.74, 6) is 1.01. The molecule has 0 bridgehead atoms. The minimum absolute atomic E-state index is 0.0408. The van der Waals surface area contributed by atoms with Gasteiger partial charge < -0.3 is 19.4 Å². The van der Waals surface area contributed by atoms with E-state index in [1.165, 1.54) is 38.8 Å². The molecule has 1 amide bonds. The SMILES string of the molecule is C=C(C)COc1ccc2c(C)c(CC(=O)NCC3CCCN4CCCCC34)c(=O)oc2c1. The van der Waals surface area contributed by atoms with Gasteiger partial charge in [0.25, 0.3) is 0 Å². The lowest BCUT2D eigenvalue weighted by Crippen LogP contribution is -2.51. The molecule has 0 saturated carbocycles. The molecule has 0 spiro atoms. The first-order valence-corrected chi connectivity index (χ1v) is 11.8. The van der Waals surface area contributed by atoms with Gasteiger partial charge in [-0.25, -0.2) is 4.79 Å². The van der Waals surface area contributed by atoms with E-state index in [4.69, 9.17) is 9.15 Å². The van der Waals surface area contributed by atoms with Crippen LogP contribution in [0.25, 0.3) is 11.0 Å². The maximum atomic E-state index is 12.7. The zero-order chi connectivity index (χ0) is 22.7. The van der Waals surface area contributed by atoms with Gasteiger partial charge in [0.05, 0.1) is 12.0 Å². The molecule has 2 aliphatic rings. The van der Waals surface area contributed by atoms with Crippen LogP contribution in [0.15, 0.2) is 39.6 Å². The van der Waals surface area contributed by atoms with Crippen molar-refractivity contribution < 1.29 is 13.9 Å². The molecule has 6 heteroatoms. The van der Waals surface area contributed by atoms with Crippen LogP contribution in [0.4, 0.5) is 0 Å². The molecule has 1 aromatic heterocycles. The normalized spacial score (nSPS) is 21.2. The van der Waals surface area contributed by atoms with Crippen LogP contribution in [0.1, 0.15) is 50.2 Å². The van der Waals surface area contributed by atoms with E-state index in [1.807, 2.05) is 26.0 Å². The molecular weight excluding hydrogens is 404 g/mol. The van der Waals surface area contributed by atoms with Crippen molar-refractivity contribution in [1.29, 1.82) is 0 Å². The monoisotopic (exact) mass is 438 g/mol. The standard InChI is InChI=1S/C26H34N2O4/c1-17(2)16-31-20-9-10-21-18(3)22(26(30)32-24(21)13-20)14-25(29)27-15-19-7-6-12-28-11-5-4-8-23(19)28/h9-10,13,19,23H,1,4-8,11-12,14-16H2,2-3H3,(H,27,29). The van der Waals surface area contributed by atoms with Crippen LogP contribution >= 0.6 is 0 Å². The molecule has 6 nitrogen and oxygen atoms in total. The number of fused-ring (bicyclic) bond motifs is 2. The van der Waals surface area contributed by atoms with Crippen LogP contribution in [0.2, 0.25) is 0 Å². The van der Waals surface area contributed by atoms with E-state index < -0.39 is 5.63 Å². The Balaban J connectivity index is 1.42. The predicted octanol–water partition coefficient (Wildman–Crippen LogP) is 3.98. The molecule has 172 valence electrons. The first-order chi connectivity index (χ1) is 15.4. The maximum absolute atomic E-state index is 12.7. The van der Waals surface area contributed by atoms with E-state index in [0.717, 1.165) is 22.9 Å². The number of benzene rings is 1. The van der Waals surface area contributed by atoms with Crippen molar-refractivity contribution in [2.75, 3.05) is 26.2 Å². The second-order valence-electron chi connectivity index (χ2n) is 9.38. The molecule has 2 aromatic rings. The van der Waals surface area contributed by atoms with E-state index in [1.54, 1.807) is 6.07 Å². The van der Waals surface area contributed by atoms with E-state index in [9.17, 15) is 9.59 Å². The molecule has 32 heavy (non-hydrogen) atoms. The second kappa shape index (κ2) is 9.90. The molecule has 0 aliphatic carbocycles. The van der Waals surface area contributed by atoms with Crippen LogP contribution < -0.4 is 15.7 Å². The summed E-state index contributed by atoms with van der Waals surface area (Å²) in [6.07, 6.45) is 6.19. The minimum atomic E-state index is -0.460. The molecule has 4 rings (SSSR count). The topological polar surface area (TPSA) is 71.8 Å². The van der Waals surface area contributed by atoms with Gasteiger partial charge in [-0.15, -0.1) is 0 Å². The Morgan fingerprint density at radius 2 is 2.06 bits per heavy atom. The Kier molecular flexibility index (Phi) is 6.99. The van der Waals surface area contributed by atoms with Crippen molar-refractivity contribution in [1.82, 2.24) is 10.2 Å². The van der Waals surface area contributed by atoms with Crippen molar-refractivity contribution in [3.63, 3.8) is 0 Å².